The van der Waals surface area contributed by atoms with Crippen molar-refractivity contribution in [2.24, 2.45) is 11.8 Å². The second-order valence-electron chi connectivity index (χ2n) is 10.0. The Morgan fingerprint density at radius 1 is 1.10 bits per heavy atom. The average molecular weight is 446 g/mol. The number of rotatable bonds is 18. The fourth-order valence-corrected chi connectivity index (χ4v) is 8.14. The maximum atomic E-state index is 12.8. The van der Waals surface area contributed by atoms with E-state index in [2.05, 4.69) is 19.9 Å². The summed E-state index contributed by atoms with van der Waals surface area (Å²) in [6.45, 7) is 6.16. The zero-order valence-electron chi connectivity index (χ0n) is 20.2. The van der Waals surface area contributed by atoms with Crippen molar-refractivity contribution in [1.29, 1.82) is 5.26 Å². The Kier molecular flexibility index (Phi) is 13.7. The molecule has 2 aliphatic heterocycles. The highest BCUT2D eigenvalue weighted by molar-refractivity contribution is 6.37. The molecule has 4 heteroatoms. The van der Waals surface area contributed by atoms with Crippen LogP contribution < -0.4 is 0 Å². The highest BCUT2D eigenvalue weighted by Gasteiger charge is 2.45. The standard InChI is InChI=1S/C27H47NO2Si/c1-3-5-7-8-9-10-11-14-22(21-28)15-12-13-16-24(29)27-23-17-18-25(30-27)26(20-23)31-19-6-4-2/h22-23,25-26H,1,3-20,31H2,2H3. The molecule has 31 heavy (non-hydrogen) atoms. The molecule has 3 rings (SSSR count). The first-order valence-corrected chi connectivity index (χ1v) is 15.3. The van der Waals surface area contributed by atoms with Crippen molar-refractivity contribution in [3.63, 3.8) is 0 Å². The number of nitrogens with zero attached hydrogens (tertiary/aromatic N) is 1. The van der Waals surface area contributed by atoms with E-state index < -0.39 is 0 Å². The summed E-state index contributed by atoms with van der Waals surface area (Å²) in [7, 11) is -0.0501. The van der Waals surface area contributed by atoms with Crippen LogP contribution in [-0.2, 0) is 9.53 Å². The minimum atomic E-state index is -0.0501. The first-order chi connectivity index (χ1) is 15.2. The van der Waals surface area contributed by atoms with Crippen LogP contribution in [0.4, 0.5) is 0 Å². The Hall–Kier alpha value is -0.663. The molecule has 1 aliphatic carbocycles. The number of carbonyl (C=O) groups is 1. The van der Waals surface area contributed by atoms with Gasteiger partial charge in [0.1, 0.15) is 0 Å². The van der Waals surface area contributed by atoms with Crippen molar-refractivity contribution in [3.8, 4) is 6.07 Å². The number of fused-ring (bicyclic) bond motifs is 3. The van der Waals surface area contributed by atoms with E-state index in [1.165, 1.54) is 70.3 Å². The zero-order valence-corrected chi connectivity index (χ0v) is 21.6. The summed E-state index contributed by atoms with van der Waals surface area (Å²) in [6, 6.07) is 3.93. The highest BCUT2D eigenvalue weighted by atomic mass is 28.2. The Labute approximate surface area is 194 Å². The summed E-state index contributed by atoms with van der Waals surface area (Å²) in [4.78, 5) is 12.8. The van der Waals surface area contributed by atoms with Crippen LogP contribution in [0.1, 0.15) is 116 Å². The van der Waals surface area contributed by atoms with Crippen LogP contribution in [0.15, 0.2) is 0 Å². The lowest BCUT2D eigenvalue weighted by Crippen LogP contribution is -2.44. The van der Waals surface area contributed by atoms with E-state index in [0.29, 0.717) is 18.4 Å². The van der Waals surface area contributed by atoms with E-state index in [9.17, 15) is 10.1 Å². The molecule has 0 aromatic heterocycles. The first-order valence-electron chi connectivity index (χ1n) is 13.4. The normalized spacial score (nSPS) is 24.6. The molecule has 4 unspecified atom stereocenters. The van der Waals surface area contributed by atoms with Crippen LogP contribution in [0.2, 0.25) is 11.6 Å². The maximum Gasteiger partial charge on any atom is 0.168 e. The Balaban J connectivity index is 1.56. The monoisotopic (exact) mass is 445 g/mol. The van der Waals surface area contributed by atoms with Gasteiger partial charge in [-0.3, -0.25) is 4.79 Å². The van der Waals surface area contributed by atoms with Gasteiger partial charge in [0, 0.05) is 21.9 Å². The van der Waals surface area contributed by atoms with Crippen LogP contribution in [0.3, 0.4) is 0 Å². The quantitative estimate of drug-likeness (QED) is 0.167. The maximum absolute atomic E-state index is 12.8. The van der Waals surface area contributed by atoms with Gasteiger partial charge in [0.2, 0.25) is 0 Å². The van der Waals surface area contributed by atoms with Crippen molar-refractivity contribution in [1.82, 2.24) is 0 Å². The third-order valence-electron chi connectivity index (χ3n) is 7.46. The predicted octanol–water partition coefficient (Wildman–Crippen LogP) is 7.12. The number of hydrogen-bond acceptors (Lipinski definition) is 3. The molecule has 1 saturated carbocycles. The molecule has 2 heterocycles. The summed E-state index contributed by atoms with van der Waals surface area (Å²) >= 11 is 0. The van der Waals surface area contributed by atoms with Crippen LogP contribution in [0.5, 0.6) is 0 Å². The van der Waals surface area contributed by atoms with E-state index in [4.69, 9.17) is 4.74 Å². The highest BCUT2D eigenvalue weighted by Crippen LogP contribution is 2.48. The average Bonchev–Trinajstić information content (AvgIpc) is 2.80. The lowest BCUT2D eigenvalue weighted by Gasteiger charge is -2.46. The fourth-order valence-electron chi connectivity index (χ4n) is 5.49. The molecule has 4 atom stereocenters. The predicted molar refractivity (Wildman–Crippen MR) is 132 cm³/mol. The van der Waals surface area contributed by atoms with Crippen molar-refractivity contribution in [2.75, 3.05) is 0 Å². The van der Waals surface area contributed by atoms with Crippen LogP contribution in [-0.4, -0.2) is 21.4 Å². The lowest BCUT2D eigenvalue weighted by molar-refractivity contribution is -0.135. The fraction of sp³-hybridized carbons (Fsp3) is 0.852. The van der Waals surface area contributed by atoms with E-state index in [1.54, 1.807) is 0 Å². The smallest absolute Gasteiger partial charge is 0.168 e. The molecule has 0 spiro atoms. The van der Waals surface area contributed by atoms with Gasteiger partial charge in [-0.25, -0.2) is 0 Å². The number of carbonyl (C=O) groups excluding carboxylic acids is 1. The molecule has 0 amide bonds. The number of ketones is 1. The number of hydrogen-bond donors (Lipinski definition) is 0. The van der Waals surface area contributed by atoms with Crippen molar-refractivity contribution < 1.29 is 9.53 Å². The van der Waals surface area contributed by atoms with Crippen LogP contribution >= 0.6 is 0 Å². The van der Waals surface area contributed by atoms with Crippen molar-refractivity contribution in [2.45, 2.75) is 134 Å². The molecular weight excluding hydrogens is 398 g/mol. The molecular formula is C27H47NO2Si. The van der Waals surface area contributed by atoms with Crippen LogP contribution in [0.25, 0.3) is 0 Å². The van der Waals surface area contributed by atoms with Gasteiger partial charge in [-0.1, -0.05) is 84.1 Å². The van der Waals surface area contributed by atoms with Crippen molar-refractivity contribution >= 4 is 15.3 Å². The summed E-state index contributed by atoms with van der Waals surface area (Å²) in [5.74, 6) is 0.842. The molecule has 3 fully saturated rings. The third-order valence-corrected chi connectivity index (χ3v) is 9.97. The summed E-state index contributed by atoms with van der Waals surface area (Å²) in [6.07, 6.45) is 20.5. The molecule has 176 valence electrons. The van der Waals surface area contributed by atoms with E-state index in [0.717, 1.165) is 50.2 Å². The Morgan fingerprint density at radius 3 is 2.45 bits per heavy atom. The molecule has 0 aromatic rings. The van der Waals surface area contributed by atoms with Gasteiger partial charge < -0.3 is 4.74 Å². The molecule has 0 N–H and O–H groups in total. The Bertz CT molecular complexity index is 532. The van der Waals surface area contributed by atoms with Gasteiger partial charge >= 0.3 is 0 Å². The van der Waals surface area contributed by atoms with Gasteiger partial charge in [-0.15, -0.1) is 0 Å². The summed E-state index contributed by atoms with van der Waals surface area (Å²) in [5.41, 5.74) is 0.807. The minimum Gasteiger partial charge on any atom is -0.360 e. The molecule has 3 nitrogen and oxygen atoms in total. The van der Waals surface area contributed by atoms with Crippen molar-refractivity contribution in [3.05, 3.63) is 13.0 Å². The second kappa shape index (κ2) is 16.0. The minimum absolute atomic E-state index is 0.0501. The topological polar surface area (TPSA) is 50.1 Å². The van der Waals surface area contributed by atoms with E-state index in [1.807, 2.05) is 0 Å². The van der Waals surface area contributed by atoms with Gasteiger partial charge in [0.05, 0.1) is 12.2 Å². The Morgan fingerprint density at radius 2 is 1.81 bits per heavy atom. The number of Topliss-reactive ketones (excluding diaryl/α,β-unsaturated/α-hetero) is 1. The zero-order chi connectivity index (χ0) is 22.3. The molecule has 2 radical (unpaired) electrons. The molecule has 0 aromatic carbocycles. The SMILES string of the molecule is [CH2]CCCCCCCCC(C#N)CCCCC(=O)[C]1OC2CCC1CC2[SiH2]CCCC. The largest absolute Gasteiger partial charge is 0.360 e. The number of nitriles is 1. The third kappa shape index (κ3) is 9.78. The van der Waals surface area contributed by atoms with E-state index >= 15 is 0 Å². The molecule has 2 saturated heterocycles. The van der Waals surface area contributed by atoms with Gasteiger partial charge in [-0.2, -0.15) is 5.26 Å². The van der Waals surface area contributed by atoms with E-state index in [-0.39, 0.29) is 21.2 Å². The molecule has 3 aliphatic rings. The van der Waals surface area contributed by atoms with Gasteiger partial charge in [0.15, 0.2) is 11.9 Å². The summed E-state index contributed by atoms with van der Waals surface area (Å²) in [5, 5.41) is 9.44. The lowest BCUT2D eigenvalue weighted by atomic mass is 9.77. The van der Waals surface area contributed by atoms with Gasteiger partial charge in [0.25, 0.3) is 0 Å². The number of ether oxygens (including phenoxy) is 1. The summed E-state index contributed by atoms with van der Waals surface area (Å²) < 4.78 is 6.24. The second-order valence-corrected chi connectivity index (χ2v) is 12.4. The van der Waals surface area contributed by atoms with Crippen LogP contribution in [0, 0.1) is 36.2 Å². The number of unbranched alkanes of at least 4 members (excludes halogenated alkanes) is 8. The molecule has 2 bridgehead atoms. The first kappa shape index (κ1) is 26.6. The van der Waals surface area contributed by atoms with Gasteiger partial charge in [-0.05, 0) is 50.0 Å².